The van der Waals surface area contributed by atoms with Crippen LogP contribution in [-0.2, 0) is 39.2 Å². The van der Waals surface area contributed by atoms with Crippen LogP contribution in [0.3, 0.4) is 0 Å². The van der Waals surface area contributed by atoms with Crippen LogP contribution >= 0.6 is 10.7 Å². The van der Waals surface area contributed by atoms with Crippen molar-refractivity contribution in [1.82, 2.24) is 14.5 Å². The van der Waals surface area contributed by atoms with E-state index < -0.39 is 24.9 Å². The number of anilines is 3. The van der Waals surface area contributed by atoms with Gasteiger partial charge in [0, 0.05) is 41.0 Å². The van der Waals surface area contributed by atoms with E-state index in [4.69, 9.17) is 10.7 Å². The number of aromatic nitrogens is 2. The molecule has 4 rings (SSSR count). The van der Waals surface area contributed by atoms with E-state index in [1.807, 2.05) is 32.2 Å². The lowest BCUT2D eigenvalue weighted by atomic mass is 10.1. The minimum atomic E-state index is -3.46. The minimum absolute atomic E-state index is 0.0244. The molecule has 1 aliphatic rings. The summed E-state index contributed by atoms with van der Waals surface area (Å²) < 4.78 is 62.6. The first kappa shape index (κ1) is 31.5. The van der Waals surface area contributed by atoms with Crippen molar-refractivity contribution < 1.29 is 26.0 Å². The van der Waals surface area contributed by atoms with E-state index >= 15 is 0 Å². The van der Waals surface area contributed by atoms with E-state index in [0.29, 0.717) is 18.5 Å². The maximum Gasteiger partial charge on any atom is 0.258 e. The molecule has 3 aromatic rings. The molecule has 1 amide bonds. The number of halogens is 2. The van der Waals surface area contributed by atoms with Gasteiger partial charge in [-0.05, 0) is 49.6 Å². The van der Waals surface area contributed by atoms with E-state index in [1.165, 1.54) is 12.1 Å². The van der Waals surface area contributed by atoms with Gasteiger partial charge in [-0.25, -0.2) is 25.9 Å². The van der Waals surface area contributed by atoms with E-state index in [-0.39, 0.29) is 41.6 Å². The fourth-order valence-corrected chi connectivity index (χ4v) is 6.07. The van der Waals surface area contributed by atoms with Crippen molar-refractivity contribution >= 4 is 52.9 Å². The molecule has 0 saturated heterocycles. The highest BCUT2D eigenvalue weighted by Gasteiger charge is 2.27. The van der Waals surface area contributed by atoms with Gasteiger partial charge >= 0.3 is 0 Å². The number of aryl methyl sites for hydroxylation is 2. The third-order valence-electron chi connectivity index (χ3n) is 5.99. The SMILES string of the molecule is CCCS(=O)(=O)Cl.CCCS(=O)(=O)NCc1ccc(C(=O)N2Cc3cnn(C)c3Nc3cc(C)ccc32)cc1F. The first-order valence-electron chi connectivity index (χ1n) is 12.6. The van der Waals surface area contributed by atoms with Crippen LogP contribution in [0.25, 0.3) is 0 Å². The first-order chi connectivity index (χ1) is 18.7. The molecular formula is C26H33ClFN5O5S2. The van der Waals surface area contributed by atoms with Gasteiger partial charge < -0.3 is 10.2 Å². The number of nitrogens with zero attached hydrogens (tertiary/aromatic N) is 3. The fourth-order valence-electron chi connectivity index (χ4n) is 4.06. The third kappa shape index (κ3) is 8.26. The summed E-state index contributed by atoms with van der Waals surface area (Å²) in [6.07, 6.45) is 2.76. The second-order valence-corrected chi connectivity index (χ2v) is 14.2. The molecule has 0 radical (unpaired) electrons. The maximum absolute atomic E-state index is 14.8. The van der Waals surface area contributed by atoms with Crippen LogP contribution in [0, 0.1) is 12.7 Å². The van der Waals surface area contributed by atoms with Gasteiger partial charge in [-0.2, -0.15) is 5.10 Å². The Morgan fingerprint density at radius 2 is 1.80 bits per heavy atom. The lowest BCUT2D eigenvalue weighted by molar-refractivity contribution is 0.0985. The van der Waals surface area contributed by atoms with Gasteiger partial charge in [0.05, 0.1) is 35.6 Å². The van der Waals surface area contributed by atoms with E-state index in [1.54, 1.807) is 29.6 Å². The Morgan fingerprint density at radius 1 is 1.10 bits per heavy atom. The van der Waals surface area contributed by atoms with Gasteiger partial charge in [-0.15, -0.1) is 0 Å². The summed E-state index contributed by atoms with van der Waals surface area (Å²) in [4.78, 5) is 15.1. The Kier molecular flexibility index (Phi) is 10.3. The second kappa shape index (κ2) is 13.1. The molecule has 0 saturated carbocycles. The fraction of sp³-hybridized carbons (Fsp3) is 0.385. The maximum atomic E-state index is 14.8. The van der Waals surface area contributed by atoms with Crippen LogP contribution in [0.2, 0.25) is 0 Å². The summed E-state index contributed by atoms with van der Waals surface area (Å²) >= 11 is 0. The highest BCUT2D eigenvalue weighted by molar-refractivity contribution is 8.13. The average molecular weight is 614 g/mol. The summed E-state index contributed by atoms with van der Waals surface area (Å²) in [7, 11) is -0.0397. The Hall–Kier alpha value is -3.00. The number of fused-ring (bicyclic) bond motifs is 2. The highest BCUT2D eigenvalue weighted by Crippen LogP contribution is 2.37. The molecular weight excluding hydrogens is 581 g/mol. The van der Waals surface area contributed by atoms with Crippen LogP contribution in [0.5, 0.6) is 0 Å². The number of carbonyl (C=O) groups is 1. The first-order valence-corrected chi connectivity index (χ1v) is 16.8. The number of rotatable bonds is 8. The Labute approximate surface area is 239 Å². The second-order valence-electron chi connectivity index (χ2n) is 9.37. The van der Waals surface area contributed by atoms with Gasteiger partial charge in [0.1, 0.15) is 11.6 Å². The molecule has 0 aliphatic carbocycles. The molecule has 1 aliphatic heterocycles. The largest absolute Gasteiger partial charge is 0.338 e. The van der Waals surface area contributed by atoms with Crippen molar-refractivity contribution in [2.75, 3.05) is 21.7 Å². The van der Waals surface area contributed by atoms with Gasteiger partial charge in [0.15, 0.2) is 0 Å². The zero-order valence-electron chi connectivity index (χ0n) is 22.7. The lowest BCUT2D eigenvalue weighted by Crippen LogP contribution is -2.30. The number of carbonyl (C=O) groups excluding carboxylic acids is 1. The molecule has 0 fully saturated rings. The molecule has 14 heteroatoms. The molecule has 0 unspecified atom stereocenters. The zero-order chi connectivity index (χ0) is 29.7. The number of sulfonamides is 1. The molecule has 2 heterocycles. The summed E-state index contributed by atoms with van der Waals surface area (Å²) in [6.45, 7) is 5.58. The molecule has 0 atom stereocenters. The number of hydrogen-bond acceptors (Lipinski definition) is 7. The molecule has 2 aromatic carbocycles. The predicted molar refractivity (Wildman–Crippen MR) is 155 cm³/mol. The number of benzene rings is 2. The van der Waals surface area contributed by atoms with Crippen molar-refractivity contribution in [2.24, 2.45) is 7.05 Å². The Bertz CT molecular complexity index is 1590. The van der Waals surface area contributed by atoms with Crippen molar-refractivity contribution in [1.29, 1.82) is 0 Å². The predicted octanol–water partition coefficient (Wildman–Crippen LogP) is 4.57. The Morgan fingerprint density at radius 3 is 2.40 bits per heavy atom. The molecule has 40 heavy (non-hydrogen) atoms. The van der Waals surface area contributed by atoms with E-state index in [9.17, 15) is 26.0 Å². The summed E-state index contributed by atoms with van der Waals surface area (Å²) in [5.41, 5.74) is 3.65. The van der Waals surface area contributed by atoms with Gasteiger partial charge in [0.2, 0.25) is 19.1 Å². The van der Waals surface area contributed by atoms with Crippen LogP contribution in [0.1, 0.15) is 53.7 Å². The monoisotopic (exact) mass is 613 g/mol. The average Bonchev–Trinajstić information content (AvgIpc) is 3.11. The highest BCUT2D eigenvalue weighted by atomic mass is 35.7. The summed E-state index contributed by atoms with van der Waals surface area (Å²) in [5.74, 6) is -0.161. The third-order valence-corrected chi connectivity index (χ3v) is 8.88. The summed E-state index contributed by atoms with van der Waals surface area (Å²) in [5, 5.41) is 7.64. The normalized spacial score (nSPS) is 12.9. The van der Waals surface area contributed by atoms with Crippen LogP contribution < -0.4 is 14.9 Å². The molecule has 218 valence electrons. The van der Waals surface area contributed by atoms with Crippen LogP contribution in [-0.4, -0.2) is 44.0 Å². The van der Waals surface area contributed by atoms with Gasteiger partial charge in [-0.1, -0.05) is 26.0 Å². The molecule has 0 spiro atoms. The quantitative estimate of drug-likeness (QED) is 0.356. The zero-order valence-corrected chi connectivity index (χ0v) is 25.1. The van der Waals surface area contributed by atoms with Crippen molar-refractivity contribution in [2.45, 2.75) is 46.7 Å². The standard InChI is InChI=1S/C23H26FN5O3S.C3H7ClO2S/c1-4-9-33(31,32)26-13-17-7-6-16(11-19(17)24)23(30)29-14-18-12-25-28(3)22(18)27-20-10-15(2)5-8-21(20)29;1-2-3-7(4,5)6/h5-8,10-12,26-27H,4,9,13-14H2,1-3H3;2-3H2,1H3. The van der Waals surface area contributed by atoms with Crippen molar-refractivity contribution in [3.63, 3.8) is 0 Å². The van der Waals surface area contributed by atoms with Crippen LogP contribution in [0.15, 0.2) is 42.6 Å². The Balaban J connectivity index is 0.000000559. The van der Waals surface area contributed by atoms with E-state index in [2.05, 4.69) is 15.1 Å². The number of hydrogen-bond donors (Lipinski definition) is 2. The van der Waals surface area contributed by atoms with Gasteiger partial charge in [0.25, 0.3) is 5.91 Å². The minimum Gasteiger partial charge on any atom is -0.338 e. The molecule has 0 bridgehead atoms. The molecule has 1 aromatic heterocycles. The van der Waals surface area contributed by atoms with Crippen molar-refractivity contribution in [3.05, 3.63) is 70.7 Å². The van der Waals surface area contributed by atoms with Crippen molar-refractivity contribution in [3.8, 4) is 0 Å². The molecule has 2 N–H and O–H groups in total. The summed E-state index contributed by atoms with van der Waals surface area (Å²) in [6, 6.07) is 9.85. The topological polar surface area (TPSA) is 130 Å². The van der Waals surface area contributed by atoms with Gasteiger partial charge in [-0.3, -0.25) is 9.48 Å². The van der Waals surface area contributed by atoms with E-state index in [0.717, 1.165) is 28.7 Å². The molecule has 10 nitrogen and oxygen atoms in total. The van der Waals surface area contributed by atoms with Crippen LogP contribution in [0.4, 0.5) is 21.6 Å². The number of amides is 1. The number of nitrogens with one attached hydrogen (secondary N) is 2. The smallest absolute Gasteiger partial charge is 0.258 e. The lowest BCUT2D eigenvalue weighted by Gasteiger charge is -2.23.